The normalized spacial score (nSPS) is 16.1. The van der Waals surface area contributed by atoms with Crippen molar-refractivity contribution in [1.82, 2.24) is 24.6 Å². The average molecular weight is 436 g/mol. The molecule has 1 amide bonds. The number of carbonyl (C=O) groups is 1. The molecule has 32 heavy (non-hydrogen) atoms. The minimum absolute atomic E-state index is 0.0121. The van der Waals surface area contributed by atoms with Gasteiger partial charge in [0.25, 0.3) is 11.5 Å². The largest absolute Gasteiger partial charge is 0.347 e. The molecule has 0 N–H and O–H groups in total. The fraction of sp³-hybridized carbons (Fsp3) is 0.348. The first-order chi connectivity index (χ1) is 15.3. The van der Waals surface area contributed by atoms with E-state index >= 15 is 0 Å². The molecule has 3 aromatic rings. The lowest BCUT2D eigenvalue weighted by Gasteiger charge is -2.33. The number of aryl methyl sites for hydroxylation is 1. The van der Waals surface area contributed by atoms with Gasteiger partial charge in [-0.1, -0.05) is 12.1 Å². The van der Waals surface area contributed by atoms with Crippen LogP contribution in [0.25, 0.3) is 11.1 Å². The molecule has 0 radical (unpaired) electrons. The SMILES string of the molecule is CN(C)c1ncc(-c2ccc(F)cc2)c([C@H]2CCCN(C(=O)c3ccc(=O)n(C)n3)C2)n1. The van der Waals surface area contributed by atoms with Gasteiger partial charge in [-0.25, -0.2) is 19.0 Å². The number of rotatable bonds is 4. The molecule has 1 aliphatic rings. The summed E-state index contributed by atoms with van der Waals surface area (Å²) in [5, 5.41) is 4.10. The number of likely N-dealkylation sites (tertiary alicyclic amines) is 1. The van der Waals surface area contributed by atoms with E-state index in [1.54, 1.807) is 23.2 Å². The van der Waals surface area contributed by atoms with Crippen molar-refractivity contribution in [1.29, 1.82) is 0 Å². The summed E-state index contributed by atoms with van der Waals surface area (Å²) in [6, 6.07) is 9.08. The fourth-order valence-corrected chi connectivity index (χ4v) is 3.93. The standard InChI is InChI=1S/C23H25FN6O2/c1-28(2)23-25-13-18(15-6-8-17(24)9-7-15)21(26-23)16-5-4-12-30(14-16)22(32)19-10-11-20(31)29(3)27-19/h6-11,13,16H,4-5,12,14H2,1-3H3/t16-/m0/s1. The topological polar surface area (TPSA) is 84.2 Å². The molecule has 1 fully saturated rings. The lowest BCUT2D eigenvalue weighted by atomic mass is 9.89. The molecule has 3 heterocycles. The molecule has 0 aliphatic carbocycles. The Balaban J connectivity index is 1.67. The number of aromatic nitrogens is 4. The summed E-state index contributed by atoms with van der Waals surface area (Å²) in [6.07, 6.45) is 3.44. The van der Waals surface area contributed by atoms with Crippen LogP contribution in [0.3, 0.4) is 0 Å². The Hall–Kier alpha value is -3.62. The van der Waals surface area contributed by atoms with Gasteiger partial charge in [-0.2, -0.15) is 5.10 Å². The zero-order chi connectivity index (χ0) is 22.8. The first kappa shape index (κ1) is 21.6. The Labute approximate surface area is 185 Å². The zero-order valence-corrected chi connectivity index (χ0v) is 18.3. The Morgan fingerprint density at radius 1 is 1.16 bits per heavy atom. The van der Waals surface area contributed by atoms with Crippen LogP contribution in [-0.4, -0.2) is 57.7 Å². The minimum atomic E-state index is -0.305. The first-order valence-electron chi connectivity index (χ1n) is 10.5. The number of amides is 1. The van der Waals surface area contributed by atoms with Gasteiger partial charge < -0.3 is 9.80 Å². The molecule has 0 saturated carbocycles. The highest BCUT2D eigenvalue weighted by Crippen LogP contribution is 2.34. The average Bonchev–Trinajstić information content (AvgIpc) is 2.80. The summed E-state index contributed by atoms with van der Waals surface area (Å²) < 4.78 is 14.6. The van der Waals surface area contributed by atoms with Crippen LogP contribution in [0, 0.1) is 5.82 Å². The lowest BCUT2D eigenvalue weighted by Crippen LogP contribution is -2.40. The van der Waals surface area contributed by atoms with Crippen LogP contribution in [0.4, 0.5) is 10.3 Å². The highest BCUT2D eigenvalue weighted by molar-refractivity contribution is 5.92. The van der Waals surface area contributed by atoms with Crippen molar-refractivity contribution >= 4 is 11.9 Å². The summed E-state index contributed by atoms with van der Waals surface area (Å²) in [4.78, 5) is 37.5. The van der Waals surface area contributed by atoms with Crippen LogP contribution in [-0.2, 0) is 7.05 Å². The van der Waals surface area contributed by atoms with E-state index in [9.17, 15) is 14.0 Å². The van der Waals surface area contributed by atoms with Gasteiger partial charge >= 0.3 is 0 Å². The second-order valence-electron chi connectivity index (χ2n) is 8.14. The maximum Gasteiger partial charge on any atom is 0.274 e. The molecule has 0 spiro atoms. The van der Waals surface area contributed by atoms with Gasteiger partial charge in [0.2, 0.25) is 5.95 Å². The van der Waals surface area contributed by atoms with Crippen LogP contribution in [0.1, 0.15) is 34.9 Å². The highest BCUT2D eigenvalue weighted by atomic mass is 19.1. The molecule has 0 bridgehead atoms. The predicted octanol–water partition coefficient (Wildman–Crippen LogP) is 2.46. The van der Waals surface area contributed by atoms with Crippen LogP contribution in [0.2, 0.25) is 0 Å². The lowest BCUT2D eigenvalue weighted by molar-refractivity contribution is 0.0697. The Morgan fingerprint density at radius 2 is 1.91 bits per heavy atom. The number of nitrogens with zero attached hydrogens (tertiary/aromatic N) is 6. The summed E-state index contributed by atoms with van der Waals surface area (Å²) in [6.45, 7) is 1.08. The van der Waals surface area contributed by atoms with Gasteiger partial charge in [0, 0.05) is 58.0 Å². The summed E-state index contributed by atoms with van der Waals surface area (Å²) in [5.74, 6) is 0.0480. The van der Waals surface area contributed by atoms with Crippen molar-refractivity contribution in [2.24, 2.45) is 7.05 Å². The molecule has 8 nitrogen and oxygen atoms in total. The monoisotopic (exact) mass is 436 g/mol. The third-order valence-electron chi connectivity index (χ3n) is 5.64. The first-order valence-corrected chi connectivity index (χ1v) is 10.5. The smallest absolute Gasteiger partial charge is 0.274 e. The van der Waals surface area contributed by atoms with E-state index in [2.05, 4.69) is 10.1 Å². The number of hydrogen-bond acceptors (Lipinski definition) is 6. The summed E-state index contributed by atoms with van der Waals surface area (Å²) >= 11 is 0. The van der Waals surface area contributed by atoms with Gasteiger partial charge in [0.1, 0.15) is 11.5 Å². The summed E-state index contributed by atoms with van der Waals surface area (Å²) in [7, 11) is 5.27. The number of anilines is 1. The summed E-state index contributed by atoms with van der Waals surface area (Å²) in [5.41, 5.74) is 2.47. The van der Waals surface area contributed by atoms with Gasteiger partial charge in [0.05, 0.1) is 5.69 Å². The van der Waals surface area contributed by atoms with Gasteiger partial charge in [0.15, 0.2) is 0 Å². The molecule has 0 unspecified atom stereocenters. The Bertz CT molecular complexity index is 1190. The van der Waals surface area contributed by atoms with Crippen molar-refractivity contribution < 1.29 is 9.18 Å². The van der Waals surface area contributed by atoms with Crippen LogP contribution >= 0.6 is 0 Å². The molecule has 166 valence electrons. The van der Waals surface area contributed by atoms with E-state index in [0.717, 1.165) is 34.3 Å². The maximum atomic E-state index is 13.5. The Kier molecular flexibility index (Phi) is 5.98. The van der Waals surface area contributed by atoms with Crippen molar-refractivity contribution in [2.45, 2.75) is 18.8 Å². The van der Waals surface area contributed by atoms with Gasteiger partial charge in [-0.15, -0.1) is 0 Å². The van der Waals surface area contributed by atoms with E-state index < -0.39 is 0 Å². The van der Waals surface area contributed by atoms with Crippen molar-refractivity contribution in [2.75, 3.05) is 32.1 Å². The quantitative estimate of drug-likeness (QED) is 0.625. The number of piperidine rings is 1. The molecule has 9 heteroatoms. The van der Waals surface area contributed by atoms with Gasteiger partial charge in [-0.3, -0.25) is 9.59 Å². The molecule has 4 rings (SSSR count). The molecular formula is C23H25FN6O2. The van der Waals surface area contributed by atoms with E-state index in [1.807, 2.05) is 19.0 Å². The predicted molar refractivity (Wildman–Crippen MR) is 119 cm³/mol. The number of carbonyl (C=O) groups excluding carboxylic acids is 1. The van der Waals surface area contributed by atoms with Crippen molar-refractivity contribution in [3.63, 3.8) is 0 Å². The number of halogens is 1. The molecule has 2 aromatic heterocycles. The second-order valence-corrected chi connectivity index (χ2v) is 8.14. The molecular weight excluding hydrogens is 411 g/mol. The fourth-order valence-electron chi connectivity index (χ4n) is 3.93. The van der Waals surface area contributed by atoms with Crippen molar-refractivity contribution in [3.8, 4) is 11.1 Å². The van der Waals surface area contributed by atoms with Gasteiger partial charge in [-0.05, 0) is 36.6 Å². The molecule has 1 atom stereocenters. The van der Waals surface area contributed by atoms with Crippen LogP contribution in [0.5, 0.6) is 0 Å². The minimum Gasteiger partial charge on any atom is -0.347 e. The van der Waals surface area contributed by atoms with E-state index in [1.165, 1.54) is 31.3 Å². The number of hydrogen-bond donors (Lipinski definition) is 0. The third-order valence-corrected chi connectivity index (χ3v) is 5.64. The van der Waals surface area contributed by atoms with Crippen molar-refractivity contribution in [3.05, 3.63) is 70.2 Å². The highest BCUT2D eigenvalue weighted by Gasteiger charge is 2.29. The molecule has 1 saturated heterocycles. The van der Waals surface area contributed by atoms with Crippen LogP contribution < -0.4 is 10.5 Å². The third kappa shape index (κ3) is 4.37. The van der Waals surface area contributed by atoms with E-state index in [0.29, 0.717) is 19.0 Å². The molecule has 1 aliphatic heterocycles. The maximum absolute atomic E-state index is 13.5. The van der Waals surface area contributed by atoms with E-state index in [-0.39, 0.29) is 28.9 Å². The van der Waals surface area contributed by atoms with E-state index in [4.69, 9.17) is 4.98 Å². The zero-order valence-electron chi connectivity index (χ0n) is 18.3. The Morgan fingerprint density at radius 3 is 2.59 bits per heavy atom. The number of benzene rings is 1. The van der Waals surface area contributed by atoms with Crippen LogP contribution in [0.15, 0.2) is 47.4 Å². The molecule has 1 aromatic carbocycles. The second kappa shape index (κ2) is 8.86.